The number of carbonyl (C=O) groups excluding carboxylic acids is 1. The second kappa shape index (κ2) is 7.73. The van der Waals surface area contributed by atoms with E-state index < -0.39 is 0 Å². The van der Waals surface area contributed by atoms with Gasteiger partial charge in [0.15, 0.2) is 0 Å². The molecular formula is C18H28N3O+. The first-order valence-corrected chi connectivity index (χ1v) is 8.82. The Bertz CT molecular complexity index is 462. The van der Waals surface area contributed by atoms with Crippen LogP contribution in [0.15, 0.2) is 24.4 Å². The lowest BCUT2D eigenvalue weighted by Gasteiger charge is -2.32. The number of carbonyl (C=O) groups is 1. The van der Waals surface area contributed by atoms with Gasteiger partial charge >= 0.3 is 0 Å². The van der Waals surface area contributed by atoms with E-state index in [0.29, 0.717) is 5.91 Å². The Morgan fingerprint density at radius 3 is 2.68 bits per heavy atom. The van der Waals surface area contributed by atoms with Gasteiger partial charge in [0.05, 0.1) is 31.9 Å². The fourth-order valence-corrected chi connectivity index (χ4v) is 3.79. The Labute approximate surface area is 133 Å². The van der Waals surface area contributed by atoms with Crippen molar-refractivity contribution in [1.29, 1.82) is 0 Å². The molecule has 1 aliphatic carbocycles. The highest BCUT2D eigenvalue weighted by atomic mass is 16.2. The summed E-state index contributed by atoms with van der Waals surface area (Å²) in [6.07, 6.45) is 9.16. The summed E-state index contributed by atoms with van der Waals surface area (Å²) in [4.78, 5) is 20.3. The minimum absolute atomic E-state index is 0.379. The van der Waals surface area contributed by atoms with Gasteiger partial charge in [0.2, 0.25) is 5.91 Å². The maximum atomic E-state index is 12.3. The normalized spacial score (nSPS) is 20.5. The number of nitrogens with zero attached hydrogens (tertiary/aromatic N) is 2. The molecule has 1 saturated heterocycles. The standard InChI is InChI=1S/C18H27N3O/c22-18(9-8-16-5-1-2-6-16)21-13-11-20(12-14-21)15-17-7-3-4-10-19-17/h3-4,7,10,16H,1-2,5-6,8-9,11-15H2/p+1. The Kier molecular flexibility index (Phi) is 5.43. The molecule has 22 heavy (non-hydrogen) atoms. The first kappa shape index (κ1) is 15.5. The maximum absolute atomic E-state index is 12.3. The molecule has 0 bridgehead atoms. The van der Waals surface area contributed by atoms with Gasteiger partial charge < -0.3 is 9.80 Å². The zero-order valence-electron chi connectivity index (χ0n) is 13.5. The molecule has 2 fully saturated rings. The van der Waals surface area contributed by atoms with E-state index in [4.69, 9.17) is 0 Å². The largest absolute Gasteiger partial charge is 0.331 e. The second-order valence-corrected chi connectivity index (χ2v) is 6.82. The van der Waals surface area contributed by atoms with Gasteiger partial charge in [-0.3, -0.25) is 9.78 Å². The van der Waals surface area contributed by atoms with Crippen molar-refractivity contribution in [3.63, 3.8) is 0 Å². The average molecular weight is 302 g/mol. The lowest BCUT2D eigenvalue weighted by Crippen LogP contribution is -3.13. The molecule has 3 rings (SSSR count). The van der Waals surface area contributed by atoms with Crippen LogP contribution in [0.4, 0.5) is 0 Å². The third kappa shape index (κ3) is 4.29. The molecule has 2 heterocycles. The van der Waals surface area contributed by atoms with Crippen LogP contribution in [0.2, 0.25) is 0 Å². The Balaban J connectivity index is 1.38. The molecule has 0 atom stereocenters. The summed E-state index contributed by atoms with van der Waals surface area (Å²) in [5.41, 5.74) is 1.15. The summed E-state index contributed by atoms with van der Waals surface area (Å²) in [5, 5.41) is 0. The number of nitrogens with one attached hydrogen (secondary N) is 1. The van der Waals surface area contributed by atoms with Gasteiger partial charge in [0, 0.05) is 12.6 Å². The minimum atomic E-state index is 0.379. The molecule has 1 saturated carbocycles. The zero-order valence-corrected chi connectivity index (χ0v) is 13.5. The highest BCUT2D eigenvalue weighted by molar-refractivity contribution is 5.76. The molecule has 0 aromatic carbocycles. The lowest BCUT2D eigenvalue weighted by atomic mass is 10.0. The predicted octanol–water partition coefficient (Wildman–Crippen LogP) is 1.28. The zero-order chi connectivity index (χ0) is 15.2. The van der Waals surface area contributed by atoms with E-state index in [0.717, 1.165) is 57.2 Å². The topological polar surface area (TPSA) is 37.6 Å². The van der Waals surface area contributed by atoms with Crippen LogP contribution in [-0.2, 0) is 11.3 Å². The fourth-order valence-electron chi connectivity index (χ4n) is 3.79. The predicted molar refractivity (Wildman–Crippen MR) is 86.4 cm³/mol. The molecule has 0 radical (unpaired) electrons. The van der Waals surface area contributed by atoms with Gasteiger partial charge in [-0.2, -0.15) is 0 Å². The number of hydrogen-bond acceptors (Lipinski definition) is 2. The monoisotopic (exact) mass is 302 g/mol. The lowest BCUT2D eigenvalue weighted by molar-refractivity contribution is -0.917. The van der Waals surface area contributed by atoms with Crippen LogP contribution in [0.25, 0.3) is 0 Å². The molecule has 1 aliphatic heterocycles. The van der Waals surface area contributed by atoms with E-state index in [-0.39, 0.29) is 0 Å². The first-order chi connectivity index (χ1) is 10.8. The number of quaternary nitrogens is 1. The Morgan fingerprint density at radius 2 is 2.00 bits per heavy atom. The molecule has 1 N–H and O–H groups in total. The molecule has 0 unspecified atom stereocenters. The van der Waals surface area contributed by atoms with Crippen LogP contribution in [0.1, 0.15) is 44.2 Å². The van der Waals surface area contributed by atoms with Crippen LogP contribution >= 0.6 is 0 Å². The SMILES string of the molecule is O=C(CCC1CCCC1)N1CC[NH+](Cc2ccccn2)CC1. The van der Waals surface area contributed by atoms with E-state index in [2.05, 4.69) is 16.0 Å². The van der Waals surface area contributed by atoms with Crippen molar-refractivity contribution in [2.45, 2.75) is 45.1 Å². The van der Waals surface area contributed by atoms with Crippen molar-refractivity contribution in [3.8, 4) is 0 Å². The molecule has 120 valence electrons. The van der Waals surface area contributed by atoms with Crippen LogP contribution in [-0.4, -0.2) is 42.0 Å². The molecule has 1 amide bonds. The third-order valence-electron chi connectivity index (χ3n) is 5.22. The smallest absolute Gasteiger partial charge is 0.222 e. The molecule has 4 heteroatoms. The first-order valence-electron chi connectivity index (χ1n) is 8.82. The van der Waals surface area contributed by atoms with Crippen LogP contribution in [0.5, 0.6) is 0 Å². The quantitative estimate of drug-likeness (QED) is 0.890. The maximum Gasteiger partial charge on any atom is 0.222 e. The molecule has 0 spiro atoms. The summed E-state index contributed by atoms with van der Waals surface area (Å²) in [5.74, 6) is 1.20. The van der Waals surface area contributed by atoms with E-state index in [1.807, 2.05) is 18.3 Å². The van der Waals surface area contributed by atoms with Gasteiger partial charge in [0.1, 0.15) is 6.54 Å². The Morgan fingerprint density at radius 1 is 1.23 bits per heavy atom. The molecule has 1 aromatic rings. The summed E-state index contributed by atoms with van der Waals surface area (Å²) < 4.78 is 0. The van der Waals surface area contributed by atoms with Gasteiger partial charge in [-0.25, -0.2) is 0 Å². The molecule has 2 aliphatic rings. The summed E-state index contributed by atoms with van der Waals surface area (Å²) in [6.45, 7) is 4.89. The number of rotatable bonds is 5. The molecule has 4 nitrogen and oxygen atoms in total. The number of amides is 1. The number of aromatic nitrogens is 1. The third-order valence-corrected chi connectivity index (χ3v) is 5.22. The number of pyridine rings is 1. The van der Waals surface area contributed by atoms with Gasteiger partial charge in [-0.05, 0) is 24.5 Å². The summed E-state index contributed by atoms with van der Waals surface area (Å²) in [7, 11) is 0. The molecular weight excluding hydrogens is 274 g/mol. The van der Waals surface area contributed by atoms with Crippen LogP contribution in [0, 0.1) is 5.92 Å². The van der Waals surface area contributed by atoms with Crippen molar-refractivity contribution in [3.05, 3.63) is 30.1 Å². The van der Waals surface area contributed by atoms with Crippen LogP contribution in [0.3, 0.4) is 0 Å². The average Bonchev–Trinajstić information content (AvgIpc) is 3.08. The van der Waals surface area contributed by atoms with E-state index in [9.17, 15) is 4.79 Å². The van der Waals surface area contributed by atoms with Crippen molar-refractivity contribution in [1.82, 2.24) is 9.88 Å². The fraction of sp³-hybridized carbons (Fsp3) is 0.667. The molecule has 1 aromatic heterocycles. The highest BCUT2D eigenvalue weighted by Crippen LogP contribution is 2.28. The van der Waals surface area contributed by atoms with Crippen molar-refractivity contribution in [2.75, 3.05) is 26.2 Å². The van der Waals surface area contributed by atoms with Crippen molar-refractivity contribution < 1.29 is 9.69 Å². The van der Waals surface area contributed by atoms with E-state index in [1.165, 1.54) is 25.7 Å². The minimum Gasteiger partial charge on any atom is -0.331 e. The Hall–Kier alpha value is -1.42. The second-order valence-electron chi connectivity index (χ2n) is 6.82. The van der Waals surface area contributed by atoms with Crippen LogP contribution < -0.4 is 4.90 Å². The summed E-state index contributed by atoms with van der Waals surface area (Å²) >= 11 is 0. The van der Waals surface area contributed by atoms with Crippen molar-refractivity contribution >= 4 is 5.91 Å². The van der Waals surface area contributed by atoms with Gasteiger partial charge in [0.25, 0.3) is 0 Å². The highest BCUT2D eigenvalue weighted by Gasteiger charge is 2.24. The number of hydrogen-bond donors (Lipinski definition) is 1. The van der Waals surface area contributed by atoms with Gasteiger partial charge in [-0.1, -0.05) is 31.7 Å². The van der Waals surface area contributed by atoms with Gasteiger partial charge in [-0.15, -0.1) is 0 Å². The van der Waals surface area contributed by atoms with E-state index in [1.54, 1.807) is 4.90 Å². The van der Waals surface area contributed by atoms with Crippen molar-refractivity contribution in [2.24, 2.45) is 5.92 Å². The number of piperazine rings is 1. The van der Waals surface area contributed by atoms with E-state index >= 15 is 0 Å². The summed E-state index contributed by atoms with van der Waals surface area (Å²) in [6, 6.07) is 6.09.